The van der Waals surface area contributed by atoms with E-state index in [0.717, 1.165) is 29.3 Å². The van der Waals surface area contributed by atoms with Crippen molar-refractivity contribution >= 4 is 23.0 Å². The van der Waals surface area contributed by atoms with Gasteiger partial charge in [-0.2, -0.15) is 0 Å². The Morgan fingerprint density at radius 2 is 2.24 bits per heavy atom. The highest BCUT2D eigenvalue weighted by Gasteiger charge is 2.45. The molecule has 2 bridgehead atoms. The highest BCUT2D eigenvalue weighted by Crippen LogP contribution is 2.44. The summed E-state index contributed by atoms with van der Waals surface area (Å²) in [5.41, 5.74) is 1.91. The van der Waals surface area contributed by atoms with Gasteiger partial charge in [-0.05, 0) is 43.4 Å². The quantitative estimate of drug-likeness (QED) is 0.624. The van der Waals surface area contributed by atoms with Crippen LogP contribution in [0.1, 0.15) is 19.3 Å². The fourth-order valence-electron chi connectivity index (χ4n) is 3.18. The van der Waals surface area contributed by atoms with Crippen LogP contribution in [0.3, 0.4) is 0 Å². The maximum Gasteiger partial charge on any atom is 0.0826 e. The van der Waals surface area contributed by atoms with Crippen molar-refractivity contribution in [2.75, 3.05) is 5.32 Å². The highest BCUT2D eigenvalue weighted by molar-refractivity contribution is 6.30. The summed E-state index contributed by atoms with van der Waals surface area (Å²) in [5.74, 6) is 1.08. The summed E-state index contributed by atoms with van der Waals surface area (Å²) in [4.78, 5) is 0. The predicted molar refractivity (Wildman–Crippen MR) is 68.9 cm³/mol. The molecule has 4 heteroatoms. The molecule has 3 nitrogen and oxygen atoms in total. The van der Waals surface area contributed by atoms with Crippen LogP contribution < -0.4 is 5.32 Å². The molecular formula is C13H15ClN2O. The molecule has 2 fully saturated rings. The van der Waals surface area contributed by atoms with Crippen LogP contribution >= 0.6 is 11.6 Å². The average molecular weight is 251 g/mol. The summed E-state index contributed by atoms with van der Waals surface area (Å²) in [6, 6.07) is 7.86. The summed E-state index contributed by atoms with van der Waals surface area (Å²) in [7, 11) is 0. The van der Waals surface area contributed by atoms with E-state index in [2.05, 4.69) is 10.5 Å². The maximum atomic E-state index is 9.11. The van der Waals surface area contributed by atoms with Gasteiger partial charge in [0.15, 0.2) is 0 Å². The molecule has 2 aliphatic carbocycles. The van der Waals surface area contributed by atoms with Crippen molar-refractivity contribution in [2.24, 2.45) is 17.0 Å². The molecule has 0 aromatic heterocycles. The SMILES string of the molecule is O/N=C1/[C@H]2CC[C@@H](C2)[C@@H]1Nc1cccc(Cl)c1. The minimum absolute atomic E-state index is 0.178. The van der Waals surface area contributed by atoms with Gasteiger partial charge in [0, 0.05) is 16.6 Å². The van der Waals surface area contributed by atoms with Crippen LogP contribution in [0.4, 0.5) is 5.69 Å². The molecule has 2 aliphatic rings. The molecule has 0 radical (unpaired) electrons. The van der Waals surface area contributed by atoms with Gasteiger partial charge in [-0.3, -0.25) is 0 Å². The zero-order valence-electron chi connectivity index (χ0n) is 9.44. The van der Waals surface area contributed by atoms with Crippen LogP contribution in [0, 0.1) is 11.8 Å². The molecule has 0 aliphatic heterocycles. The predicted octanol–water partition coefficient (Wildman–Crippen LogP) is 3.38. The van der Waals surface area contributed by atoms with Crippen LogP contribution in [0.25, 0.3) is 0 Å². The molecule has 0 spiro atoms. The van der Waals surface area contributed by atoms with Crippen LogP contribution in [-0.2, 0) is 0 Å². The van der Waals surface area contributed by atoms with E-state index in [1.54, 1.807) is 0 Å². The number of halogens is 1. The van der Waals surface area contributed by atoms with E-state index in [9.17, 15) is 0 Å². The van der Waals surface area contributed by atoms with Crippen molar-refractivity contribution in [1.82, 2.24) is 0 Å². The zero-order chi connectivity index (χ0) is 11.8. The molecule has 2 saturated carbocycles. The van der Waals surface area contributed by atoms with Crippen molar-refractivity contribution in [3.63, 3.8) is 0 Å². The Hall–Kier alpha value is -1.22. The summed E-state index contributed by atoms with van der Waals surface area (Å²) in [6.07, 6.45) is 3.54. The number of oxime groups is 1. The normalized spacial score (nSPS) is 33.2. The number of hydrogen-bond acceptors (Lipinski definition) is 3. The molecule has 0 saturated heterocycles. The molecule has 90 valence electrons. The fourth-order valence-corrected chi connectivity index (χ4v) is 3.37. The third-order valence-electron chi connectivity index (χ3n) is 3.94. The number of fused-ring (bicyclic) bond motifs is 2. The van der Waals surface area contributed by atoms with E-state index in [1.807, 2.05) is 24.3 Å². The topological polar surface area (TPSA) is 44.6 Å². The molecule has 0 amide bonds. The Bertz CT molecular complexity index is 460. The van der Waals surface area contributed by atoms with Crippen molar-refractivity contribution < 1.29 is 5.21 Å². The monoisotopic (exact) mass is 250 g/mol. The first-order valence-corrected chi connectivity index (χ1v) is 6.39. The molecule has 1 aromatic rings. The second-order valence-electron chi connectivity index (χ2n) is 4.93. The first-order valence-electron chi connectivity index (χ1n) is 6.02. The van der Waals surface area contributed by atoms with Gasteiger partial charge in [-0.15, -0.1) is 0 Å². The van der Waals surface area contributed by atoms with Crippen molar-refractivity contribution in [1.29, 1.82) is 0 Å². The Morgan fingerprint density at radius 1 is 1.35 bits per heavy atom. The van der Waals surface area contributed by atoms with E-state index in [1.165, 1.54) is 6.42 Å². The number of rotatable bonds is 2. The lowest BCUT2D eigenvalue weighted by molar-refractivity contribution is 0.312. The number of hydrogen-bond donors (Lipinski definition) is 2. The molecule has 0 heterocycles. The molecule has 3 rings (SSSR count). The lowest BCUT2D eigenvalue weighted by Gasteiger charge is -2.24. The van der Waals surface area contributed by atoms with Crippen LogP contribution in [0.5, 0.6) is 0 Å². The van der Waals surface area contributed by atoms with Gasteiger partial charge in [-0.1, -0.05) is 22.8 Å². The van der Waals surface area contributed by atoms with Gasteiger partial charge in [0.1, 0.15) is 0 Å². The minimum Gasteiger partial charge on any atom is -0.411 e. The standard InChI is InChI=1S/C13H15ClN2O/c14-10-2-1-3-11(7-10)15-12-8-4-5-9(6-8)13(12)16-17/h1-3,7-9,12,15,17H,4-6H2/b16-13-/t8-,9-,12-/m0/s1. The van der Waals surface area contributed by atoms with Crippen molar-refractivity contribution in [3.05, 3.63) is 29.3 Å². The largest absolute Gasteiger partial charge is 0.411 e. The molecular weight excluding hydrogens is 236 g/mol. The smallest absolute Gasteiger partial charge is 0.0826 e. The van der Waals surface area contributed by atoms with Gasteiger partial charge in [0.2, 0.25) is 0 Å². The summed E-state index contributed by atoms with van der Waals surface area (Å²) in [6.45, 7) is 0. The van der Waals surface area contributed by atoms with Gasteiger partial charge < -0.3 is 10.5 Å². The molecule has 3 atom stereocenters. The lowest BCUT2D eigenvalue weighted by atomic mass is 9.93. The van der Waals surface area contributed by atoms with E-state index < -0.39 is 0 Å². The fraction of sp³-hybridized carbons (Fsp3) is 0.462. The first-order chi connectivity index (χ1) is 8.28. The van der Waals surface area contributed by atoms with E-state index >= 15 is 0 Å². The Kier molecular flexibility index (Phi) is 2.71. The van der Waals surface area contributed by atoms with Gasteiger partial charge in [-0.25, -0.2) is 0 Å². The lowest BCUT2D eigenvalue weighted by Crippen LogP contribution is -2.35. The summed E-state index contributed by atoms with van der Waals surface area (Å²) >= 11 is 5.96. The number of nitrogens with zero attached hydrogens (tertiary/aromatic N) is 1. The Labute approximate surface area is 105 Å². The van der Waals surface area contributed by atoms with Crippen LogP contribution in [0.2, 0.25) is 5.02 Å². The zero-order valence-corrected chi connectivity index (χ0v) is 10.2. The first kappa shape index (κ1) is 10.9. The van der Waals surface area contributed by atoms with Crippen molar-refractivity contribution in [2.45, 2.75) is 25.3 Å². The summed E-state index contributed by atoms with van der Waals surface area (Å²) in [5, 5.41) is 16.8. The molecule has 2 N–H and O–H groups in total. The molecule has 17 heavy (non-hydrogen) atoms. The highest BCUT2D eigenvalue weighted by atomic mass is 35.5. The molecule has 1 aromatic carbocycles. The van der Waals surface area contributed by atoms with Crippen LogP contribution in [0.15, 0.2) is 29.4 Å². The third kappa shape index (κ3) is 1.89. The average Bonchev–Trinajstić information content (AvgIpc) is 2.89. The Morgan fingerprint density at radius 3 is 3.00 bits per heavy atom. The second-order valence-corrected chi connectivity index (χ2v) is 5.36. The van der Waals surface area contributed by atoms with Gasteiger partial charge >= 0.3 is 0 Å². The summed E-state index contributed by atoms with van der Waals surface area (Å²) < 4.78 is 0. The molecule has 0 unspecified atom stereocenters. The Balaban J connectivity index is 1.81. The second kappa shape index (κ2) is 4.22. The van der Waals surface area contributed by atoms with Crippen molar-refractivity contribution in [3.8, 4) is 0 Å². The van der Waals surface area contributed by atoms with Crippen LogP contribution in [-0.4, -0.2) is 17.0 Å². The van der Waals surface area contributed by atoms with E-state index in [0.29, 0.717) is 11.8 Å². The number of nitrogens with one attached hydrogen (secondary N) is 1. The third-order valence-corrected chi connectivity index (χ3v) is 4.18. The van der Waals surface area contributed by atoms with Gasteiger partial charge in [0.25, 0.3) is 0 Å². The maximum absolute atomic E-state index is 9.11. The number of anilines is 1. The van der Waals surface area contributed by atoms with Gasteiger partial charge in [0.05, 0.1) is 11.8 Å². The minimum atomic E-state index is 0.178. The van der Waals surface area contributed by atoms with E-state index in [4.69, 9.17) is 16.8 Å². The van der Waals surface area contributed by atoms with E-state index in [-0.39, 0.29) is 6.04 Å². The number of benzene rings is 1.